The van der Waals surface area contributed by atoms with Gasteiger partial charge in [-0.2, -0.15) is 0 Å². The lowest BCUT2D eigenvalue weighted by atomic mass is 10.2. The summed E-state index contributed by atoms with van der Waals surface area (Å²) in [5.74, 6) is 1.50. The molecule has 4 aromatic rings. The number of morpholine rings is 1. The second-order valence-electron chi connectivity index (χ2n) is 10.6. The van der Waals surface area contributed by atoms with Gasteiger partial charge >= 0.3 is 6.03 Å². The quantitative estimate of drug-likeness (QED) is 0.375. The van der Waals surface area contributed by atoms with E-state index in [0.717, 1.165) is 49.5 Å². The van der Waals surface area contributed by atoms with Crippen molar-refractivity contribution in [3.8, 4) is 11.4 Å². The molecule has 2 aromatic heterocycles. The number of carbonyl (C=O) groups is 2. The highest BCUT2D eigenvalue weighted by Crippen LogP contribution is 2.25. The average Bonchev–Trinajstić information content (AvgIpc) is 3.68. The summed E-state index contributed by atoms with van der Waals surface area (Å²) in [5, 5.41) is 10.4. The van der Waals surface area contributed by atoms with Crippen LogP contribution in [0.25, 0.3) is 16.9 Å². The van der Waals surface area contributed by atoms with Crippen molar-refractivity contribution in [3.63, 3.8) is 0 Å². The smallest absolute Gasteiger partial charge is 0.323 e. The Morgan fingerprint density at radius 3 is 2.27 bits per heavy atom. The molecule has 212 valence electrons. The second-order valence-corrected chi connectivity index (χ2v) is 10.6. The van der Waals surface area contributed by atoms with E-state index >= 15 is 0 Å². The first-order valence-electron chi connectivity index (χ1n) is 13.9. The van der Waals surface area contributed by atoms with Gasteiger partial charge in [-0.1, -0.05) is 0 Å². The summed E-state index contributed by atoms with van der Waals surface area (Å²) < 4.78 is 7.35. The lowest BCUT2D eigenvalue weighted by Crippen LogP contribution is -2.37. The number of ether oxygens (including phenoxy) is 1. The second kappa shape index (κ2) is 11.6. The van der Waals surface area contributed by atoms with E-state index in [-0.39, 0.29) is 11.9 Å². The molecule has 2 N–H and O–H groups in total. The van der Waals surface area contributed by atoms with E-state index in [9.17, 15) is 9.59 Å². The van der Waals surface area contributed by atoms with Gasteiger partial charge in [0, 0.05) is 60.9 Å². The summed E-state index contributed by atoms with van der Waals surface area (Å²) in [6, 6.07) is 18.4. The van der Waals surface area contributed by atoms with Crippen molar-refractivity contribution >= 4 is 34.6 Å². The van der Waals surface area contributed by atoms with E-state index in [0.29, 0.717) is 42.0 Å². The number of rotatable bonds is 6. The lowest BCUT2D eigenvalue weighted by molar-refractivity contribution is 0.0783. The zero-order valence-electron chi connectivity index (χ0n) is 23.3. The molecule has 0 spiro atoms. The minimum atomic E-state index is -0.371. The zero-order valence-corrected chi connectivity index (χ0v) is 23.3. The molecule has 2 aliphatic rings. The van der Waals surface area contributed by atoms with Crippen LogP contribution in [0, 0.1) is 0 Å². The number of aromatic nitrogens is 3. The van der Waals surface area contributed by atoms with Crippen LogP contribution in [0.2, 0.25) is 0 Å². The molecule has 0 aliphatic carbocycles. The Balaban J connectivity index is 1.08. The number of fused-ring (bicyclic) bond motifs is 1. The van der Waals surface area contributed by atoms with Crippen LogP contribution in [0.5, 0.6) is 0 Å². The lowest BCUT2D eigenvalue weighted by Gasteiger charge is -2.28. The van der Waals surface area contributed by atoms with Crippen molar-refractivity contribution in [2.45, 2.75) is 12.5 Å². The number of carbonyl (C=O) groups excluding carboxylic acids is 2. The summed E-state index contributed by atoms with van der Waals surface area (Å²) in [7, 11) is 4.08. The number of benzene rings is 2. The van der Waals surface area contributed by atoms with Crippen LogP contribution in [-0.2, 0) is 4.74 Å². The van der Waals surface area contributed by atoms with Gasteiger partial charge in [-0.25, -0.2) is 14.3 Å². The topological polar surface area (TPSA) is 107 Å². The Hall–Kier alpha value is -4.48. The van der Waals surface area contributed by atoms with Crippen LogP contribution >= 0.6 is 0 Å². The largest absolute Gasteiger partial charge is 0.378 e. The number of urea groups is 1. The minimum absolute atomic E-state index is 0.0161. The minimum Gasteiger partial charge on any atom is -0.378 e. The molecule has 0 saturated carbocycles. The number of likely N-dealkylation sites (N-methyl/N-ethyl adjacent to an activating group) is 1. The van der Waals surface area contributed by atoms with E-state index in [1.54, 1.807) is 24.3 Å². The predicted octanol–water partition coefficient (Wildman–Crippen LogP) is 3.65. The van der Waals surface area contributed by atoms with E-state index < -0.39 is 0 Å². The summed E-state index contributed by atoms with van der Waals surface area (Å²) in [6.45, 7) is 4.40. The summed E-state index contributed by atoms with van der Waals surface area (Å²) in [5.41, 5.74) is 3.65. The molecular weight excluding hydrogens is 520 g/mol. The van der Waals surface area contributed by atoms with Gasteiger partial charge in [0.05, 0.1) is 13.2 Å². The molecule has 2 fully saturated rings. The monoisotopic (exact) mass is 554 g/mol. The van der Waals surface area contributed by atoms with Gasteiger partial charge < -0.3 is 30.1 Å². The zero-order chi connectivity index (χ0) is 28.3. The fraction of sp³-hybridized carbons (Fsp3) is 0.333. The van der Waals surface area contributed by atoms with Gasteiger partial charge in [0.1, 0.15) is 5.52 Å². The number of likely N-dealkylation sites (tertiary alicyclic amines) is 1. The number of anilines is 3. The molecule has 11 nitrogen and oxygen atoms in total. The van der Waals surface area contributed by atoms with Crippen molar-refractivity contribution in [2.24, 2.45) is 0 Å². The van der Waals surface area contributed by atoms with Gasteiger partial charge in [0.2, 0.25) is 0 Å². The molecule has 1 atom stereocenters. The number of hydrogen-bond donors (Lipinski definition) is 2. The van der Waals surface area contributed by atoms with E-state index in [1.807, 2.05) is 66.1 Å². The molecule has 41 heavy (non-hydrogen) atoms. The molecular formula is C30H34N8O3. The highest BCUT2D eigenvalue weighted by Gasteiger charge is 2.28. The first-order valence-corrected chi connectivity index (χ1v) is 13.9. The summed E-state index contributed by atoms with van der Waals surface area (Å²) in [4.78, 5) is 36.7. The Morgan fingerprint density at radius 1 is 0.927 bits per heavy atom. The van der Waals surface area contributed by atoms with E-state index in [4.69, 9.17) is 9.72 Å². The number of amides is 3. The van der Waals surface area contributed by atoms with Crippen molar-refractivity contribution < 1.29 is 14.3 Å². The molecule has 0 radical (unpaired) electrons. The van der Waals surface area contributed by atoms with Gasteiger partial charge in [0.25, 0.3) is 5.91 Å². The average molecular weight is 555 g/mol. The Kier molecular flexibility index (Phi) is 7.53. The molecule has 2 saturated heterocycles. The standard InChI is InChI=1S/C30H34N8O3/c1-35(2)25-13-15-37(20-25)29(39)22-7-11-24(12-8-22)32-30(40)31-23-9-5-21(6-10-23)27-33-28(36-16-18-41-19-17-36)26-4-3-14-38(26)34-27/h3-12,14,25H,13,15-20H2,1-2H3,(H2,31,32,40)/t25-/m1/s1. The summed E-state index contributed by atoms with van der Waals surface area (Å²) in [6.07, 6.45) is 2.89. The van der Waals surface area contributed by atoms with Gasteiger partial charge in [-0.05, 0) is 81.2 Å². The molecule has 11 heteroatoms. The van der Waals surface area contributed by atoms with Gasteiger partial charge in [0.15, 0.2) is 11.6 Å². The predicted molar refractivity (Wildman–Crippen MR) is 159 cm³/mol. The molecule has 6 rings (SSSR count). The Morgan fingerprint density at radius 2 is 1.61 bits per heavy atom. The number of nitrogens with zero attached hydrogens (tertiary/aromatic N) is 6. The highest BCUT2D eigenvalue weighted by atomic mass is 16.5. The first kappa shape index (κ1) is 26.7. The van der Waals surface area contributed by atoms with Gasteiger partial charge in [-0.15, -0.1) is 5.10 Å². The normalized spacial score (nSPS) is 17.3. The van der Waals surface area contributed by atoms with Crippen LogP contribution in [0.3, 0.4) is 0 Å². The van der Waals surface area contributed by atoms with Crippen LogP contribution in [-0.4, -0.2) is 95.9 Å². The van der Waals surface area contributed by atoms with Gasteiger partial charge in [-0.3, -0.25) is 4.79 Å². The molecule has 4 heterocycles. The fourth-order valence-corrected chi connectivity index (χ4v) is 5.27. The Labute approximate surface area is 238 Å². The van der Waals surface area contributed by atoms with Crippen LogP contribution < -0.4 is 15.5 Å². The van der Waals surface area contributed by atoms with Crippen molar-refractivity contribution in [2.75, 3.05) is 69.0 Å². The van der Waals surface area contributed by atoms with Crippen molar-refractivity contribution in [1.29, 1.82) is 0 Å². The Bertz CT molecular complexity index is 1530. The highest BCUT2D eigenvalue weighted by molar-refractivity contribution is 6.00. The maximum atomic E-state index is 12.9. The maximum absolute atomic E-state index is 12.9. The summed E-state index contributed by atoms with van der Waals surface area (Å²) >= 11 is 0. The van der Waals surface area contributed by atoms with Crippen LogP contribution in [0.15, 0.2) is 66.9 Å². The molecule has 2 aliphatic heterocycles. The molecule has 0 bridgehead atoms. The molecule has 2 aromatic carbocycles. The third-order valence-corrected chi connectivity index (χ3v) is 7.65. The fourth-order valence-electron chi connectivity index (χ4n) is 5.27. The SMILES string of the molecule is CN(C)[C@@H]1CCN(C(=O)c2ccc(NC(=O)Nc3ccc(-c4nc(N5CCOCC5)c5cccn5n4)cc3)cc2)C1. The van der Waals surface area contributed by atoms with E-state index in [1.165, 1.54) is 0 Å². The number of hydrogen-bond acceptors (Lipinski definition) is 7. The number of nitrogens with one attached hydrogen (secondary N) is 2. The first-order chi connectivity index (χ1) is 19.9. The maximum Gasteiger partial charge on any atom is 0.323 e. The molecule has 3 amide bonds. The van der Waals surface area contributed by atoms with Crippen molar-refractivity contribution in [1.82, 2.24) is 24.4 Å². The van der Waals surface area contributed by atoms with Crippen molar-refractivity contribution in [3.05, 3.63) is 72.4 Å². The van der Waals surface area contributed by atoms with Crippen LogP contribution in [0.1, 0.15) is 16.8 Å². The van der Waals surface area contributed by atoms with E-state index in [2.05, 4.69) is 25.5 Å². The van der Waals surface area contributed by atoms with Crippen LogP contribution in [0.4, 0.5) is 22.0 Å². The third kappa shape index (κ3) is 5.86. The molecule has 0 unspecified atom stereocenters. The third-order valence-electron chi connectivity index (χ3n) is 7.65.